The molecule has 1 aliphatic carbocycles. The maximum Gasteiger partial charge on any atom is 0.182 e. The van der Waals surface area contributed by atoms with E-state index in [1.54, 1.807) is 0 Å². The summed E-state index contributed by atoms with van der Waals surface area (Å²) in [6.07, 6.45) is 2.80. The first-order chi connectivity index (χ1) is 2.43. The van der Waals surface area contributed by atoms with Gasteiger partial charge in [-0.1, -0.05) is 0 Å². The minimum atomic E-state index is 0.884. The van der Waals surface area contributed by atoms with E-state index in [-0.39, 0.29) is 0 Å². The predicted molar refractivity (Wildman–Crippen MR) is 24.7 cm³/mol. The van der Waals surface area contributed by atoms with Gasteiger partial charge in [0.1, 0.15) is 0 Å². The van der Waals surface area contributed by atoms with Crippen molar-refractivity contribution in [2.45, 2.75) is 18.9 Å². The van der Waals surface area contributed by atoms with E-state index < -0.39 is 0 Å². The van der Waals surface area contributed by atoms with Crippen LogP contribution in [0.4, 0.5) is 0 Å². The Balaban J connectivity index is 2.00. The second-order valence-electron chi connectivity index (χ2n) is 1.56. The highest BCUT2D eigenvalue weighted by Crippen LogP contribution is 2.16. The Bertz CT molecular complexity index is 33.9. The minimum Gasteiger partial charge on any atom is -0.359 e. The molecule has 0 aromatic carbocycles. The molecule has 0 aromatic rings. The number of hydrogen-bond donors (Lipinski definition) is 1. The largest absolute Gasteiger partial charge is 0.359 e. The summed E-state index contributed by atoms with van der Waals surface area (Å²) in [5, 5.41) is 3.14. The lowest BCUT2D eigenvalue weighted by Gasteiger charge is -1.80. The zero-order chi connectivity index (χ0) is 3.70. The number of rotatable bonds is 1. The molecule has 0 aromatic heterocycles. The minimum absolute atomic E-state index is 0.884. The van der Waals surface area contributed by atoms with E-state index in [0.29, 0.717) is 0 Å². The quantitative estimate of drug-likeness (QED) is 0.401. The lowest BCUT2D eigenvalue weighted by atomic mass is 10.4. The normalized spacial score (nSPS) is 23.2. The SMILES string of the molecule is BNC1CC1. The third-order valence-electron chi connectivity index (χ3n) is 0.986. The predicted octanol–water partition coefficient (Wildman–Crippen LogP) is -0.714. The van der Waals surface area contributed by atoms with Crippen LogP contribution in [0.15, 0.2) is 0 Å². The molecule has 5 heavy (non-hydrogen) atoms. The van der Waals surface area contributed by atoms with Gasteiger partial charge in [-0.25, -0.2) is 0 Å². The molecular weight excluding hydrogens is 60.9 g/mol. The average molecular weight is 68.9 g/mol. The topological polar surface area (TPSA) is 12.0 Å². The summed E-state index contributed by atoms with van der Waals surface area (Å²) in [6.45, 7) is 0. The van der Waals surface area contributed by atoms with Crippen LogP contribution in [0.25, 0.3) is 0 Å². The van der Waals surface area contributed by atoms with Crippen LogP contribution >= 0.6 is 0 Å². The van der Waals surface area contributed by atoms with Crippen LogP contribution in [-0.4, -0.2) is 14.0 Å². The zero-order valence-electron chi connectivity index (χ0n) is 3.49. The first-order valence-corrected chi connectivity index (χ1v) is 2.11. The Morgan fingerprint density at radius 3 is 2.20 bits per heavy atom. The summed E-state index contributed by atoms with van der Waals surface area (Å²) < 4.78 is 0. The third-order valence-corrected chi connectivity index (χ3v) is 0.986. The van der Waals surface area contributed by atoms with E-state index in [2.05, 4.69) is 5.23 Å². The van der Waals surface area contributed by atoms with Gasteiger partial charge in [0.15, 0.2) is 7.98 Å². The molecule has 1 fully saturated rings. The maximum atomic E-state index is 3.14. The van der Waals surface area contributed by atoms with Crippen molar-refractivity contribution in [3.8, 4) is 0 Å². The Morgan fingerprint density at radius 1 is 1.60 bits per heavy atom. The molecule has 28 valence electrons. The summed E-state index contributed by atoms with van der Waals surface area (Å²) in [7, 11) is 2.01. The molecular formula is C3H8BN. The molecule has 0 radical (unpaired) electrons. The summed E-state index contributed by atoms with van der Waals surface area (Å²) in [5.41, 5.74) is 0. The molecule has 1 N–H and O–H groups in total. The standard InChI is InChI=1S/C3H8BN/c4-5-3-1-2-3/h3,5H,1-2,4H2. The molecule has 0 saturated heterocycles. The third kappa shape index (κ3) is 0.654. The van der Waals surface area contributed by atoms with Crippen LogP contribution in [0.3, 0.4) is 0 Å². The summed E-state index contributed by atoms with van der Waals surface area (Å²) in [5.74, 6) is 0. The molecule has 0 unspecified atom stereocenters. The molecule has 1 nitrogen and oxygen atoms in total. The molecule has 1 rings (SSSR count). The second-order valence-corrected chi connectivity index (χ2v) is 1.56. The second kappa shape index (κ2) is 1.01. The molecule has 0 heterocycles. The van der Waals surface area contributed by atoms with Crippen LogP contribution in [0.2, 0.25) is 0 Å². The fraction of sp³-hybridized carbons (Fsp3) is 1.00. The summed E-state index contributed by atoms with van der Waals surface area (Å²) in [4.78, 5) is 0. The van der Waals surface area contributed by atoms with Crippen LogP contribution in [-0.2, 0) is 0 Å². The van der Waals surface area contributed by atoms with Crippen molar-refractivity contribution in [3.63, 3.8) is 0 Å². The van der Waals surface area contributed by atoms with Crippen LogP contribution in [0.1, 0.15) is 12.8 Å². The summed E-state index contributed by atoms with van der Waals surface area (Å²) in [6, 6.07) is 0.884. The smallest absolute Gasteiger partial charge is 0.182 e. The van der Waals surface area contributed by atoms with Crippen molar-refractivity contribution in [2.75, 3.05) is 0 Å². The molecule has 2 heteroatoms. The van der Waals surface area contributed by atoms with Crippen molar-refractivity contribution >= 4 is 7.98 Å². The van der Waals surface area contributed by atoms with Gasteiger partial charge < -0.3 is 5.23 Å². The van der Waals surface area contributed by atoms with Crippen LogP contribution in [0.5, 0.6) is 0 Å². The molecule has 0 atom stereocenters. The van der Waals surface area contributed by atoms with E-state index in [1.807, 2.05) is 7.98 Å². The van der Waals surface area contributed by atoms with E-state index >= 15 is 0 Å². The van der Waals surface area contributed by atoms with Gasteiger partial charge in [-0.05, 0) is 18.9 Å². The van der Waals surface area contributed by atoms with Crippen molar-refractivity contribution < 1.29 is 0 Å². The van der Waals surface area contributed by atoms with Gasteiger partial charge in [0.2, 0.25) is 0 Å². The summed E-state index contributed by atoms with van der Waals surface area (Å²) >= 11 is 0. The van der Waals surface area contributed by atoms with Crippen molar-refractivity contribution in [1.82, 2.24) is 5.23 Å². The van der Waals surface area contributed by atoms with Gasteiger partial charge in [0, 0.05) is 0 Å². The lowest BCUT2D eigenvalue weighted by molar-refractivity contribution is 0.956. The monoisotopic (exact) mass is 69.1 g/mol. The highest BCUT2D eigenvalue weighted by atomic mass is 14.8. The van der Waals surface area contributed by atoms with Crippen molar-refractivity contribution in [3.05, 3.63) is 0 Å². The van der Waals surface area contributed by atoms with E-state index in [4.69, 9.17) is 0 Å². The fourth-order valence-electron chi connectivity index (χ4n) is 0.372. The van der Waals surface area contributed by atoms with Gasteiger partial charge in [0.05, 0.1) is 0 Å². The van der Waals surface area contributed by atoms with Gasteiger partial charge in [-0.3, -0.25) is 0 Å². The van der Waals surface area contributed by atoms with Gasteiger partial charge in [-0.2, -0.15) is 0 Å². The fourth-order valence-corrected chi connectivity index (χ4v) is 0.372. The molecule has 0 bridgehead atoms. The number of hydrogen-bond acceptors (Lipinski definition) is 1. The molecule has 1 aliphatic rings. The first-order valence-electron chi connectivity index (χ1n) is 2.11. The zero-order valence-corrected chi connectivity index (χ0v) is 3.49. The highest BCUT2D eigenvalue weighted by Gasteiger charge is 2.16. The molecule has 1 saturated carbocycles. The molecule has 0 spiro atoms. The first kappa shape index (κ1) is 3.22. The van der Waals surface area contributed by atoms with Crippen LogP contribution < -0.4 is 5.23 Å². The van der Waals surface area contributed by atoms with Crippen molar-refractivity contribution in [2.24, 2.45) is 0 Å². The average Bonchev–Trinajstić information content (AvgIpc) is 2.12. The lowest BCUT2D eigenvalue weighted by Crippen LogP contribution is -2.09. The van der Waals surface area contributed by atoms with Crippen LogP contribution in [0, 0.1) is 0 Å². The Hall–Kier alpha value is 0.0249. The van der Waals surface area contributed by atoms with E-state index in [9.17, 15) is 0 Å². The van der Waals surface area contributed by atoms with Gasteiger partial charge in [-0.15, -0.1) is 0 Å². The molecule has 0 amide bonds. The van der Waals surface area contributed by atoms with Gasteiger partial charge in [0.25, 0.3) is 0 Å². The Labute approximate surface area is 33.2 Å². The highest BCUT2D eigenvalue weighted by molar-refractivity contribution is 6.04. The maximum absolute atomic E-state index is 3.14. The van der Waals surface area contributed by atoms with E-state index in [1.165, 1.54) is 12.8 Å². The Kier molecular flexibility index (Phi) is 0.654. The number of nitrogens with one attached hydrogen (secondary N) is 1. The van der Waals surface area contributed by atoms with Gasteiger partial charge >= 0.3 is 0 Å². The molecule has 0 aliphatic heterocycles. The Morgan fingerprint density at radius 2 is 2.20 bits per heavy atom. The van der Waals surface area contributed by atoms with Crippen molar-refractivity contribution in [1.29, 1.82) is 0 Å². The van der Waals surface area contributed by atoms with E-state index in [0.717, 1.165) is 6.04 Å².